The number of benzene rings is 1. The van der Waals surface area contributed by atoms with Crippen LogP contribution in [-0.4, -0.2) is 43.3 Å². The third-order valence-electron chi connectivity index (χ3n) is 3.49. The standard InChI is InChI=1S/C13H16N2O5S/c1-8-10-7-9(3-4-11(10)14-13(8)18)21(19,20)15(2)6-5-12(16)17/h3-4,7-8H,5-6H2,1-2H3,(H,14,18)(H,16,17). The summed E-state index contributed by atoms with van der Waals surface area (Å²) in [6, 6.07) is 4.42. The van der Waals surface area contributed by atoms with E-state index in [4.69, 9.17) is 5.11 Å². The van der Waals surface area contributed by atoms with Gasteiger partial charge >= 0.3 is 5.97 Å². The van der Waals surface area contributed by atoms with Crippen LogP contribution in [0.25, 0.3) is 0 Å². The summed E-state index contributed by atoms with van der Waals surface area (Å²) in [5.41, 5.74) is 1.24. The lowest BCUT2D eigenvalue weighted by atomic mass is 10.0. The van der Waals surface area contributed by atoms with Gasteiger partial charge in [-0.2, -0.15) is 0 Å². The number of nitrogens with zero attached hydrogens (tertiary/aromatic N) is 1. The second kappa shape index (κ2) is 5.45. The van der Waals surface area contributed by atoms with Crippen LogP contribution in [0, 0.1) is 0 Å². The monoisotopic (exact) mass is 312 g/mol. The predicted molar refractivity (Wildman–Crippen MR) is 75.6 cm³/mol. The summed E-state index contributed by atoms with van der Waals surface area (Å²) in [4.78, 5) is 22.2. The Morgan fingerprint density at radius 2 is 2.10 bits per heavy atom. The van der Waals surface area contributed by atoms with Gasteiger partial charge in [0.2, 0.25) is 15.9 Å². The lowest BCUT2D eigenvalue weighted by Gasteiger charge is -2.17. The molecule has 0 fully saturated rings. The molecule has 1 aliphatic heterocycles. The Labute approximate surface area is 122 Å². The second-order valence-corrected chi connectivity index (χ2v) is 6.98. The van der Waals surface area contributed by atoms with Crippen LogP contribution >= 0.6 is 0 Å². The SMILES string of the molecule is CC1C(=O)Nc2ccc(S(=O)(=O)N(C)CCC(=O)O)cc21. The minimum absolute atomic E-state index is 0.0532. The smallest absolute Gasteiger partial charge is 0.304 e. The Morgan fingerprint density at radius 1 is 1.43 bits per heavy atom. The van der Waals surface area contributed by atoms with Gasteiger partial charge in [-0.1, -0.05) is 0 Å². The Balaban J connectivity index is 2.30. The highest BCUT2D eigenvalue weighted by atomic mass is 32.2. The number of nitrogens with one attached hydrogen (secondary N) is 1. The molecule has 2 rings (SSSR count). The van der Waals surface area contributed by atoms with Crippen LogP contribution in [0.15, 0.2) is 23.1 Å². The lowest BCUT2D eigenvalue weighted by Crippen LogP contribution is -2.29. The van der Waals surface area contributed by atoms with Gasteiger partial charge in [0.05, 0.1) is 17.2 Å². The van der Waals surface area contributed by atoms with Crippen molar-refractivity contribution in [2.75, 3.05) is 18.9 Å². The molecule has 1 unspecified atom stereocenters. The lowest BCUT2D eigenvalue weighted by molar-refractivity contribution is -0.137. The molecular formula is C13H16N2O5S. The van der Waals surface area contributed by atoms with Crippen molar-refractivity contribution < 1.29 is 23.1 Å². The number of hydrogen-bond donors (Lipinski definition) is 2. The normalized spacial score (nSPS) is 17.7. The molecule has 0 radical (unpaired) electrons. The molecule has 0 aliphatic carbocycles. The number of carboxylic acid groups (broad SMARTS) is 1. The van der Waals surface area contributed by atoms with E-state index in [0.717, 1.165) is 4.31 Å². The minimum atomic E-state index is -3.77. The van der Waals surface area contributed by atoms with E-state index in [2.05, 4.69) is 5.32 Å². The number of sulfonamides is 1. The fourth-order valence-electron chi connectivity index (χ4n) is 2.11. The van der Waals surface area contributed by atoms with Crippen LogP contribution in [0.3, 0.4) is 0 Å². The zero-order chi connectivity index (χ0) is 15.8. The number of fused-ring (bicyclic) bond motifs is 1. The molecular weight excluding hydrogens is 296 g/mol. The van der Waals surface area contributed by atoms with Crippen LogP contribution in [0.1, 0.15) is 24.8 Å². The first-order chi connectivity index (χ1) is 9.73. The third kappa shape index (κ3) is 2.91. The van der Waals surface area contributed by atoms with E-state index in [-0.39, 0.29) is 23.8 Å². The van der Waals surface area contributed by atoms with Gasteiger partial charge in [0, 0.05) is 19.3 Å². The average molecular weight is 312 g/mol. The van der Waals surface area contributed by atoms with Crippen molar-refractivity contribution in [3.8, 4) is 0 Å². The summed E-state index contributed by atoms with van der Waals surface area (Å²) < 4.78 is 25.7. The van der Waals surface area contributed by atoms with E-state index < -0.39 is 21.9 Å². The van der Waals surface area contributed by atoms with Crippen LogP contribution < -0.4 is 5.32 Å². The summed E-state index contributed by atoms with van der Waals surface area (Å²) >= 11 is 0. The molecule has 7 nitrogen and oxygen atoms in total. The van der Waals surface area contributed by atoms with Crippen molar-refractivity contribution in [2.45, 2.75) is 24.2 Å². The fourth-order valence-corrected chi connectivity index (χ4v) is 3.32. The maximum absolute atomic E-state index is 12.4. The molecule has 8 heteroatoms. The van der Waals surface area contributed by atoms with Crippen molar-refractivity contribution in [1.82, 2.24) is 4.31 Å². The van der Waals surface area contributed by atoms with Gasteiger partial charge in [-0.3, -0.25) is 9.59 Å². The molecule has 21 heavy (non-hydrogen) atoms. The molecule has 114 valence electrons. The topological polar surface area (TPSA) is 104 Å². The molecule has 2 N–H and O–H groups in total. The number of hydrogen-bond acceptors (Lipinski definition) is 4. The molecule has 0 saturated heterocycles. The summed E-state index contributed by atoms with van der Waals surface area (Å²) in [5.74, 6) is -1.63. The number of aliphatic carboxylic acids is 1. The number of anilines is 1. The van der Waals surface area contributed by atoms with Gasteiger partial charge in [-0.25, -0.2) is 12.7 Å². The van der Waals surface area contributed by atoms with Crippen LogP contribution in [0.5, 0.6) is 0 Å². The highest BCUT2D eigenvalue weighted by molar-refractivity contribution is 7.89. The number of carbonyl (C=O) groups excluding carboxylic acids is 1. The van der Waals surface area contributed by atoms with Gasteiger partial charge < -0.3 is 10.4 Å². The van der Waals surface area contributed by atoms with E-state index in [0.29, 0.717) is 11.3 Å². The fraction of sp³-hybridized carbons (Fsp3) is 0.385. The molecule has 1 heterocycles. The third-order valence-corrected chi connectivity index (χ3v) is 5.34. The molecule has 1 aromatic carbocycles. The summed E-state index contributed by atoms with van der Waals surface area (Å²) in [5, 5.41) is 11.3. The van der Waals surface area contributed by atoms with Gasteiger partial charge in [-0.15, -0.1) is 0 Å². The highest BCUT2D eigenvalue weighted by Crippen LogP contribution is 2.34. The molecule has 0 aromatic heterocycles. The largest absolute Gasteiger partial charge is 0.481 e. The maximum Gasteiger partial charge on any atom is 0.304 e. The van der Waals surface area contributed by atoms with E-state index in [1.54, 1.807) is 13.0 Å². The number of rotatable bonds is 5. The van der Waals surface area contributed by atoms with Crippen molar-refractivity contribution >= 4 is 27.6 Å². The Morgan fingerprint density at radius 3 is 2.71 bits per heavy atom. The molecule has 1 atom stereocenters. The van der Waals surface area contributed by atoms with Crippen molar-refractivity contribution in [3.05, 3.63) is 23.8 Å². The summed E-state index contributed by atoms with van der Waals surface area (Å²) in [6.07, 6.45) is -0.267. The first-order valence-electron chi connectivity index (χ1n) is 6.36. The molecule has 1 aromatic rings. The summed E-state index contributed by atoms with van der Waals surface area (Å²) in [6.45, 7) is 1.59. The van der Waals surface area contributed by atoms with Gasteiger partial charge in [0.25, 0.3) is 0 Å². The average Bonchev–Trinajstić information content (AvgIpc) is 2.71. The minimum Gasteiger partial charge on any atom is -0.481 e. The highest BCUT2D eigenvalue weighted by Gasteiger charge is 2.29. The molecule has 0 spiro atoms. The maximum atomic E-state index is 12.4. The second-order valence-electron chi connectivity index (χ2n) is 4.93. The Bertz CT molecular complexity index is 699. The van der Waals surface area contributed by atoms with E-state index >= 15 is 0 Å². The van der Waals surface area contributed by atoms with Crippen molar-refractivity contribution in [2.24, 2.45) is 0 Å². The number of carbonyl (C=O) groups is 2. The predicted octanol–water partition coefficient (Wildman–Crippen LogP) is 0.837. The summed E-state index contributed by atoms with van der Waals surface area (Å²) in [7, 11) is -2.43. The quantitative estimate of drug-likeness (QED) is 0.838. The van der Waals surface area contributed by atoms with E-state index in [1.807, 2.05) is 0 Å². The van der Waals surface area contributed by atoms with Crippen LogP contribution in [-0.2, 0) is 19.6 Å². The van der Waals surface area contributed by atoms with Crippen molar-refractivity contribution in [1.29, 1.82) is 0 Å². The van der Waals surface area contributed by atoms with Gasteiger partial charge in [-0.05, 0) is 30.7 Å². The molecule has 0 saturated carbocycles. The number of amides is 1. The van der Waals surface area contributed by atoms with E-state index in [9.17, 15) is 18.0 Å². The van der Waals surface area contributed by atoms with Gasteiger partial charge in [0.1, 0.15) is 0 Å². The van der Waals surface area contributed by atoms with Gasteiger partial charge in [0.15, 0.2) is 0 Å². The zero-order valence-corrected chi connectivity index (χ0v) is 12.5. The van der Waals surface area contributed by atoms with Crippen LogP contribution in [0.2, 0.25) is 0 Å². The molecule has 1 aliphatic rings. The Kier molecular flexibility index (Phi) is 4.02. The zero-order valence-electron chi connectivity index (χ0n) is 11.7. The van der Waals surface area contributed by atoms with E-state index in [1.165, 1.54) is 19.2 Å². The number of carboxylic acids is 1. The molecule has 0 bridgehead atoms. The van der Waals surface area contributed by atoms with Crippen molar-refractivity contribution in [3.63, 3.8) is 0 Å². The molecule has 1 amide bonds. The Hall–Kier alpha value is -1.93. The first kappa shape index (κ1) is 15.5. The van der Waals surface area contributed by atoms with Crippen LogP contribution in [0.4, 0.5) is 5.69 Å². The first-order valence-corrected chi connectivity index (χ1v) is 7.80.